The molecule has 11 heteroatoms. The third kappa shape index (κ3) is 6.50. The van der Waals surface area contributed by atoms with Gasteiger partial charge in [-0.1, -0.05) is 12.8 Å². The SMILES string of the molecule is CC1=[N+](CCCS(=O)(=O)O)c2ccc(SOO[O-])cc2C1(C)CCCCCC(=O)O. The van der Waals surface area contributed by atoms with Crippen LogP contribution in [0.25, 0.3) is 0 Å². The van der Waals surface area contributed by atoms with Gasteiger partial charge in [-0.05, 0) is 31.9 Å². The molecular weight excluding hydrogens is 434 g/mol. The summed E-state index contributed by atoms with van der Waals surface area (Å²) in [5.74, 6) is -1.12. The summed E-state index contributed by atoms with van der Waals surface area (Å²) in [5, 5.41) is 22.4. The van der Waals surface area contributed by atoms with Gasteiger partial charge in [0, 0.05) is 36.3 Å². The zero-order valence-corrected chi connectivity index (χ0v) is 18.6. The smallest absolute Gasteiger partial charge is 0.303 e. The quantitative estimate of drug-likeness (QED) is 0.113. The Bertz CT molecular complexity index is 900. The van der Waals surface area contributed by atoms with Crippen LogP contribution < -0.4 is 5.26 Å². The predicted octanol–water partition coefficient (Wildman–Crippen LogP) is 2.61. The second-order valence-electron chi connectivity index (χ2n) is 7.56. The number of carbonyl (C=O) groups is 1. The first-order chi connectivity index (χ1) is 14.1. The fourth-order valence-electron chi connectivity index (χ4n) is 3.91. The van der Waals surface area contributed by atoms with E-state index in [4.69, 9.17) is 9.66 Å². The summed E-state index contributed by atoms with van der Waals surface area (Å²) in [7, 11) is -4.03. The van der Waals surface area contributed by atoms with E-state index in [2.05, 4.69) is 20.9 Å². The maximum absolute atomic E-state index is 11.1. The van der Waals surface area contributed by atoms with Crippen LogP contribution >= 0.6 is 12.0 Å². The van der Waals surface area contributed by atoms with Crippen LogP contribution in [0.5, 0.6) is 0 Å². The van der Waals surface area contributed by atoms with Gasteiger partial charge < -0.3 is 10.4 Å². The van der Waals surface area contributed by atoms with Crippen molar-refractivity contribution in [1.29, 1.82) is 0 Å². The van der Waals surface area contributed by atoms with Gasteiger partial charge in [0.15, 0.2) is 5.71 Å². The fraction of sp³-hybridized carbons (Fsp3) is 0.579. The Morgan fingerprint density at radius 1 is 1.27 bits per heavy atom. The molecule has 0 aliphatic carbocycles. The number of benzene rings is 1. The maximum atomic E-state index is 11.1. The number of fused-ring (bicyclic) bond motifs is 1. The molecule has 168 valence electrons. The lowest BCUT2D eigenvalue weighted by Gasteiger charge is -2.22. The minimum atomic E-state index is -4.03. The van der Waals surface area contributed by atoms with Crippen LogP contribution in [0.3, 0.4) is 0 Å². The first-order valence-electron chi connectivity index (χ1n) is 9.65. The van der Waals surface area contributed by atoms with E-state index in [1.54, 1.807) is 6.07 Å². The van der Waals surface area contributed by atoms with Crippen molar-refractivity contribution >= 4 is 39.5 Å². The number of hydrogen-bond donors (Lipinski definition) is 2. The summed E-state index contributed by atoms with van der Waals surface area (Å²) in [6.45, 7) is 4.52. The van der Waals surface area contributed by atoms with Crippen LogP contribution in [0, 0.1) is 0 Å². The second kappa shape index (κ2) is 10.7. The highest BCUT2D eigenvalue weighted by molar-refractivity contribution is 7.94. The average molecular weight is 462 g/mol. The number of hydrogen-bond acceptors (Lipinski definition) is 7. The van der Waals surface area contributed by atoms with Crippen LogP contribution in [-0.2, 0) is 29.7 Å². The van der Waals surface area contributed by atoms with Gasteiger partial charge >= 0.3 is 5.97 Å². The molecule has 0 saturated heterocycles. The highest BCUT2D eigenvalue weighted by atomic mass is 32.2. The lowest BCUT2D eigenvalue weighted by molar-refractivity contribution is -0.777. The van der Waals surface area contributed by atoms with Crippen LogP contribution in [0.2, 0.25) is 0 Å². The third-order valence-electron chi connectivity index (χ3n) is 5.57. The molecule has 2 rings (SSSR count). The van der Waals surface area contributed by atoms with E-state index in [1.807, 2.05) is 19.1 Å². The first-order valence-corrected chi connectivity index (χ1v) is 12.0. The summed E-state index contributed by atoms with van der Waals surface area (Å²) in [6.07, 6.45) is 3.43. The van der Waals surface area contributed by atoms with E-state index in [0.29, 0.717) is 17.9 Å². The third-order valence-corrected chi connectivity index (χ3v) is 6.94. The Labute approximate surface area is 180 Å². The van der Waals surface area contributed by atoms with Crippen molar-refractivity contribution in [2.24, 2.45) is 0 Å². The molecule has 30 heavy (non-hydrogen) atoms. The minimum Gasteiger partial charge on any atom is -0.691 e. The first kappa shape index (κ1) is 24.8. The maximum Gasteiger partial charge on any atom is 0.303 e. The van der Waals surface area contributed by atoms with Gasteiger partial charge in [-0.25, -0.2) is 0 Å². The number of nitrogens with zero attached hydrogens (tertiary/aromatic N) is 1. The molecule has 1 atom stereocenters. The van der Waals surface area contributed by atoms with Gasteiger partial charge in [-0.15, -0.1) is 0 Å². The zero-order valence-electron chi connectivity index (χ0n) is 17.0. The Kier molecular flexibility index (Phi) is 8.83. The van der Waals surface area contributed by atoms with Crippen molar-refractivity contribution in [2.45, 2.75) is 62.7 Å². The van der Waals surface area contributed by atoms with Gasteiger partial charge in [0.1, 0.15) is 6.54 Å². The van der Waals surface area contributed by atoms with Crippen LogP contribution in [0.1, 0.15) is 57.9 Å². The van der Waals surface area contributed by atoms with Crippen molar-refractivity contribution in [1.82, 2.24) is 0 Å². The van der Waals surface area contributed by atoms with Crippen molar-refractivity contribution in [2.75, 3.05) is 12.3 Å². The van der Waals surface area contributed by atoms with E-state index >= 15 is 0 Å². The van der Waals surface area contributed by atoms with Gasteiger partial charge in [0.2, 0.25) is 5.69 Å². The normalized spacial score (nSPS) is 18.7. The lowest BCUT2D eigenvalue weighted by atomic mass is 9.76. The number of carboxylic acid groups (broad SMARTS) is 1. The molecule has 1 unspecified atom stereocenters. The van der Waals surface area contributed by atoms with Gasteiger partial charge in [-0.3, -0.25) is 14.4 Å². The summed E-state index contributed by atoms with van der Waals surface area (Å²) in [6, 6.07) is 5.59. The molecule has 1 aromatic carbocycles. The summed E-state index contributed by atoms with van der Waals surface area (Å²) >= 11 is 0.806. The topological polar surface area (TPSA) is 136 Å². The lowest BCUT2D eigenvalue weighted by Crippen LogP contribution is -2.30. The summed E-state index contributed by atoms with van der Waals surface area (Å²) in [4.78, 5) is 11.4. The molecule has 1 aliphatic rings. The van der Waals surface area contributed by atoms with Crippen molar-refractivity contribution in [3.8, 4) is 0 Å². The number of carboxylic acids is 1. The van der Waals surface area contributed by atoms with E-state index in [-0.39, 0.29) is 24.0 Å². The second-order valence-corrected chi connectivity index (χ2v) is 9.91. The molecule has 0 radical (unpaired) electrons. The molecule has 0 saturated carbocycles. The highest BCUT2D eigenvalue weighted by Crippen LogP contribution is 2.44. The Morgan fingerprint density at radius 3 is 2.63 bits per heavy atom. The Morgan fingerprint density at radius 2 is 2.00 bits per heavy atom. The van der Waals surface area contributed by atoms with Crippen LogP contribution in [-0.4, -0.2) is 46.6 Å². The van der Waals surface area contributed by atoms with Gasteiger partial charge in [0.25, 0.3) is 10.1 Å². The van der Waals surface area contributed by atoms with E-state index in [9.17, 15) is 18.5 Å². The minimum absolute atomic E-state index is 0.144. The number of rotatable bonds is 13. The molecule has 1 heterocycles. The Balaban J connectivity index is 2.25. The molecule has 9 nitrogen and oxygen atoms in total. The summed E-state index contributed by atoms with van der Waals surface area (Å²) < 4.78 is 37.7. The highest BCUT2D eigenvalue weighted by Gasteiger charge is 2.46. The molecule has 0 amide bonds. The largest absolute Gasteiger partial charge is 0.691 e. The fourth-order valence-corrected chi connectivity index (χ4v) is 4.80. The molecule has 0 bridgehead atoms. The molecule has 2 N–H and O–H groups in total. The van der Waals surface area contributed by atoms with Crippen molar-refractivity contribution in [3.05, 3.63) is 23.8 Å². The summed E-state index contributed by atoms with van der Waals surface area (Å²) in [5.41, 5.74) is 2.66. The predicted molar refractivity (Wildman–Crippen MR) is 109 cm³/mol. The average Bonchev–Trinajstić information content (AvgIpc) is 2.87. The van der Waals surface area contributed by atoms with E-state index < -0.39 is 16.1 Å². The number of unbranched alkanes of at least 4 members (excludes halogenated alkanes) is 2. The molecular formula is C19H27NO8S2. The van der Waals surface area contributed by atoms with E-state index in [0.717, 1.165) is 48.3 Å². The standard InChI is InChI=1S/C19H27NO8S2/c1-14-19(2,10-5-3-4-7-18(21)22)16-13-15(29-28-27-23)8-9-17(16)20(14)11-6-12-30(24,25)26/h8-9,13H,3-7,10-12H2,1-2H3,(H2-,21,22,23,24,25,26). The monoisotopic (exact) mass is 461 g/mol. The molecule has 0 aromatic heterocycles. The van der Waals surface area contributed by atoms with Crippen molar-refractivity contribution in [3.63, 3.8) is 0 Å². The van der Waals surface area contributed by atoms with Crippen LogP contribution in [0.4, 0.5) is 5.69 Å². The molecule has 1 aromatic rings. The van der Waals surface area contributed by atoms with E-state index in [1.165, 1.54) is 0 Å². The molecule has 0 fully saturated rings. The van der Waals surface area contributed by atoms with Crippen LogP contribution in [0.15, 0.2) is 23.1 Å². The van der Waals surface area contributed by atoms with Gasteiger partial charge in [-0.2, -0.15) is 17.3 Å². The van der Waals surface area contributed by atoms with Gasteiger partial charge in [0.05, 0.1) is 23.2 Å². The number of aliphatic carboxylic acids is 1. The molecule has 0 spiro atoms. The van der Waals surface area contributed by atoms with Crippen molar-refractivity contribution < 1.29 is 42.1 Å². The zero-order chi connectivity index (χ0) is 22.4. The Hall–Kier alpha value is -1.50. The molecule has 1 aliphatic heterocycles.